The minimum Gasteiger partial charge on any atom is -0.493 e. The van der Waals surface area contributed by atoms with Crippen molar-refractivity contribution in [1.29, 1.82) is 0 Å². The first-order chi connectivity index (χ1) is 13.9. The van der Waals surface area contributed by atoms with E-state index in [1.54, 1.807) is 20.3 Å². The van der Waals surface area contributed by atoms with E-state index in [2.05, 4.69) is 24.5 Å². The largest absolute Gasteiger partial charge is 0.493 e. The maximum atomic E-state index is 12.6. The number of benzene rings is 2. The van der Waals surface area contributed by atoms with E-state index in [1.165, 1.54) is 0 Å². The molecule has 0 aromatic heterocycles. The van der Waals surface area contributed by atoms with Crippen LogP contribution >= 0.6 is 0 Å². The van der Waals surface area contributed by atoms with E-state index in [9.17, 15) is 9.59 Å². The lowest BCUT2D eigenvalue weighted by molar-refractivity contribution is -0.125. The number of rotatable bonds is 8. The molecule has 0 heterocycles. The summed E-state index contributed by atoms with van der Waals surface area (Å²) in [4.78, 5) is 25.0. The zero-order chi connectivity index (χ0) is 21.0. The highest BCUT2D eigenvalue weighted by Crippen LogP contribution is 2.40. The van der Waals surface area contributed by atoms with E-state index in [4.69, 9.17) is 9.47 Å². The summed E-state index contributed by atoms with van der Waals surface area (Å²) in [5.41, 5.74) is 2.82. The highest BCUT2D eigenvalue weighted by molar-refractivity contribution is 6.00. The van der Waals surface area contributed by atoms with Crippen molar-refractivity contribution in [2.45, 2.75) is 32.7 Å². The average molecular weight is 396 g/mol. The van der Waals surface area contributed by atoms with Gasteiger partial charge >= 0.3 is 0 Å². The minimum atomic E-state index is -0.277. The second-order valence-corrected chi connectivity index (χ2v) is 7.59. The molecule has 0 aliphatic heterocycles. The summed E-state index contributed by atoms with van der Waals surface area (Å²) in [6.45, 7) is 4.55. The Morgan fingerprint density at radius 2 is 1.69 bits per heavy atom. The molecular formula is C23H28N2O4. The number of carbonyl (C=O) groups excluding carboxylic acids is 2. The Bertz CT molecular complexity index is 894. The maximum absolute atomic E-state index is 12.6. The molecule has 2 atom stereocenters. The van der Waals surface area contributed by atoms with Gasteiger partial charge in [-0.25, -0.2) is 0 Å². The zero-order valence-electron chi connectivity index (χ0n) is 17.3. The van der Waals surface area contributed by atoms with Gasteiger partial charge in [-0.3, -0.25) is 9.59 Å². The zero-order valence-corrected chi connectivity index (χ0v) is 17.3. The predicted molar refractivity (Wildman–Crippen MR) is 112 cm³/mol. The summed E-state index contributed by atoms with van der Waals surface area (Å²) < 4.78 is 10.5. The van der Waals surface area contributed by atoms with Crippen molar-refractivity contribution in [1.82, 2.24) is 5.32 Å². The van der Waals surface area contributed by atoms with Gasteiger partial charge in [-0.1, -0.05) is 38.1 Å². The number of ether oxygens (including phenoxy) is 2. The van der Waals surface area contributed by atoms with Gasteiger partial charge in [0.25, 0.3) is 0 Å². The van der Waals surface area contributed by atoms with Crippen LogP contribution in [0.5, 0.6) is 11.5 Å². The molecule has 0 saturated heterocycles. The van der Waals surface area contributed by atoms with Gasteiger partial charge in [-0.2, -0.15) is 0 Å². The molecule has 154 valence electrons. The highest BCUT2D eigenvalue weighted by Gasteiger charge is 2.48. The van der Waals surface area contributed by atoms with E-state index in [0.29, 0.717) is 30.4 Å². The summed E-state index contributed by atoms with van der Waals surface area (Å²) in [5.74, 6) is 0.824. The van der Waals surface area contributed by atoms with E-state index < -0.39 is 0 Å². The minimum absolute atomic E-state index is 0.0932. The Balaban J connectivity index is 1.54. The molecule has 1 aliphatic rings. The normalized spacial score (nSPS) is 17.6. The number of amides is 2. The first-order valence-electron chi connectivity index (χ1n) is 9.83. The second-order valence-electron chi connectivity index (χ2n) is 7.59. The van der Waals surface area contributed by atoms with Crippen LogP contribution in [0.3, 0.4) is 0 Å². The van der Waals surface area contributed by atoms with Crippen LogP contribution in [-0.2, 0) is 16.1 Å². The van der Waals surface area contributed by atoms with Crippen LogP contribution in [0.2, 0.25) is 0 Å². The first-order valence-corrected chi connectivity index (χ1v) is 9.83. The summed E-state index contributed by atoms with van der Waals surface area (Å²) in [6, 6.07) is 13.3. The van der Waals surface area contributed by atoms with E-state index in [-0.39, 0.29) is 23.7 Å². The average Bonchev–Trinajstić information content (AvgIpc) is 3.53. The standard InChI is InChI=1S/C23H28N2O4/c1-14(2)16-7-5-6-8-19(16)25-23(27)18-12-17(18)22(26)24-13-15-9-10-20(28-3)21(11-15)29-4/h5-11,14,17-18H,12-13H2,1-4H3,(H,24,26)(H,25,27). The van der Waals surface area contributed by atoms with Gasteiger partial charge in [0, 0.05) is 12.2 Å². The lowest BCUT2D eigenvalue weighted by Crippen LogP contribution is -2.27. The number of para-hydroxylation sites is 1. The molecule has 1 fully saturated rings. The van der Waals surface area contributed by atoms with Gasteiger partial charge in [-0.15, -0.1) is 0 Å². The van der Waals surface area contributed by atoms with Gasteiger partial charge in [0.05, 0.1) is 26.1 Å². The Morgan fingerprint density at radius 1 is 1.00 bits per heavy atom. The summed E-state index contributed by atoms with van der Waals surface area (Å²) in [7, 11) is 3.15. The van der Waals surface area contributed by atoms with Gasteiger partial charge in [0.2, 0.25) is 11.8 Å². The maximum Gasteiger partial charge on any atom is 0.228 e. The second kappa shape index (κ2) is 8.99. The van der Waals surface area contributed by atoms with Crippen molar-refractivity contribution in [3.8, 4) is 11.5 Å². The molecule has 2 aromatic carbocycles. The van der Waals surface area contributed by atoms with Crippen LogP contribution in [0, 0.1) is 11.8 Å². The molecule has 2 unspecified atom stereocenters. The summed E-state index contributed by atoms with van der Waals surface area (Å²) in [6.07, 6.45) is 0.577. The van der Waals surface area contributed by atoms with Crippen LogP contribution in [0.1, 0.15) is 37.3 Å². The van der Waals surface area contributed by atoms with Crippen LogP contribution in [0.4, 0.5) is 5.69 Å². The molecule has 2 aromatic rings. The molecule has 6 nitrogen and oxygen atoms in total. The van der Waals surface area contributed by atoms with Crippen LogP contribution < -0.4 is 20.1 Å². The highest BCUT2D eigenvalue weighted by atomic mass is 16.5. The topological polar surface area (TPSA) is 76.7 Å². The number of methoxy groups -OCH3 is 2. The first kappa shape index (κ1) is 20.7. The third-order valence-electron chi connectivity index (χ3n) is 5.22. The molecule has 1 saturated carbocycles. The number of carbonyl (C=O) groups is 2. The van der Waals surface area contributed by atoms with E-state index in [1.807, 2.05) is 36.4 Å². The Morgan fingerprint density at radius 3 is 2.38 bits per heavy atom. The van der Waals surface area contributed by atoms with Crippen LogP contribution in [-0.4, -0.2) is 26.0 Å². The molecule has 0 radical (unpaired) electrons. The Hall–Kier alpha value is -3.02. The van der Waals surface area contributed by atoms with E-state index >= 15 is 0 Å². The van der Waals surface area contributed by atoms with Crippen LogP contribution in [0.15, 0.2) is 42.5 Å². The van der Waals surface area contributed by atoms with Gasteiger partial charge < -0.3 is 20.1 Å². The van der Waals surface area contributed by atoms with Gasteiger partial charge in [-0.05, 0) is 41.7 Å². The fourth-order valence-electron chi connectivity index (χ4n) is 3.43. The molecule has 0 bridgehead atoms. The number of anilines is 1. The molecule has 2 amide bonds. The van der Waals surface area contributed by atoms with Crippen molar-refractivity contribution in [2.24, 2.45) is 11.8 Å². The van der Waals surface area contributed by atoms with Crippen molar-refractivity contribution in [3.63, 3.8) is 0 Å². The molecule has 0 spiro atoms. The lowest BCUT2D eigenvalue weighted by Gasteiger charge is -2.13. The third kappa shape index (κ3) is 4.88. The van der Waals surface area contributed by atoms with Crippen LogP contribution in [0.25, 0.3) is 0 Å². The molecule has 6 heteroatoms. The molecular weight excluding hydrogens is 368 g/mol. The Kier molecular flexibility index (Phi) is 6.42. The monoisotopic (exact) mass is 396 g/mol. The lowest BCUT2D eigenvalue weighted by atomic mass is 10.0. The molecule has 29 heavy (non-hydrogen) atoms. The smallest absolute Gasteiger partial charge is 0.228 e. The van der Waals surface area contributed by atoms with E-state index in [0.717, 1.165) is 16.8 Å². The number of hydrogen-bond acceptors (Lipinski definition) is 4. The van der Waals surface area contributed by atoms with Gasteiger partial charge in [0.1, 0.15) is 0 Å². The number of nitrogens with one attached hydrogen (secondary N) is 2. The van der Waals surface area contributed by atoms with Crippen molar-refractivity contribution in [3.05, 3.63) is 53.6 Å². The molecule has 3 rings (SSSR count). The van der Waals surface area contributed by atoms with Crippen molar-refractivity contribution >= 4 is 17.5 Å². The SMILES string of the molecule is COc1ccc(CNC(=O)C2CC2C(=O)Nc2ccccc2C(C)C)cc1OC. The predicted octanol–water partition coefficient (Wildman–Crippen LogP) is 3.72. The summed E-state index contributed by atoms with van der Waals surface area (Å²) >= 11 is 0. The van der Waals surface area contributed by atoms with Crippen molar-refractivity contribution in [2.75, 3.05) is 19.5 Å². The fourth-order valence-corrected chi connectivity index (χ4v) is 3.43. The summed E-state index contributed by atoms with van der Waals surface area (Å²) in [5, 5.41) is 5.90. The van der Waals surface area contributed by atoms with Gasteiger partial charge in [0.15, 0.2) is 11.5 Å². The fraction of sp³-hybridized carbons (Fsp3) is 0.391. The number of hydrogen-bond donors (Lipinski definition) is 2. The quantitative estimate of drug-likeness (QED) is 0.713. The Labute approximate surface area is 171 Å². The third-order valence-corrected chi connectivity index (χ3v) is 5.22. The molecule has 2 N–H and O–H groups in total. The molecule has 1 aliphatic carbocycles. The van der Waals surface area contributed by atoms with Crippen molar-refractivity contribution < 1.29 is 19.1 Å².